The van der Waals surface area contributed by atoms with Gasteiger partial charge in [0.25, 0.3) is 5.91 Å². The van der Waals surface area contributed by atoms with E-state index >= 15 is 0 Å². The van der Waals surface area contributed by atoms with Crippen LogP contribution in [0.3, 0.4) is 0 Å². The van der Waals surface area contributed by atoms with Crippen molar-refractivity contribution in [2.45, 2.75) is 59.4 Å². The summed E-state index contributed by atoms with van der Waals surface area (Å²) >= 11 is 0. The summed E-state index contributed by atoms with van der Waals surface area (Å²) in [5.41, 5.74) is 0.536. The standard InChI is InChI=1S/C17H28FN3O/c1-6-12-8-10(3)9-13(7-2)15(12)19-17(22)14-11(4)20-21(5)16(14)18/h10,12-13,15H,6-9H2,1-5H3,(H,19,22). The topological polar surface area (TPSA) is 46.9 Å². The first-order valence-electron chi connectivity index (χ1n) is 8.38. The third-order valence-corrected chi connectivity index (χ3v) is 5.15. The minimum absolute atomic E-state index is 0.0887. The molecule has 0 radical (unpaired) electrons. The molecule has 5 heteroatoms. The largest absolute Gasteiger partial charge is 0.349 e. The number of halogens is 1. The highest BCUT2D eigenvalue weighted by molar-refractivity contribution is 5.95. The lowest BCUT2D eigenvalue weighted by molar-refractivity contribution is 0.0809. The van der Waals surface area contributed by atoms with Crippen molar-refractivity contribution in [3.63, 3.8) is 0 Å². The van der Waals surface area contributed by atoms with E-state index in [4.69, 9.17) is 0 Å². The number of nitrogens with one attached hydrogen (secondary N) is 1. The molecule has 22 heavy (non-hydrogen) atoms. The molecule has 1 aromatic rings. The zero-order chi connectivity index (χ0) is 16.4. The van der Waals surface area contributed by atoms with E-state index in [1.165, 1.54) is 7.05 Å². The van der Waals surface area contributed by atoms with Crippen molar-refractivity contribution in [3.05, 3.63) is 17.2 Å². The molecule has 4 nitrogen and oxygen atoms in total. The molecule has 0 bridgehead atoms. The lowest BCUT2D eigenvalue weighted by Gasteiger charge is -2.41. The van der Waals surface area contributed by atoms with Crippen molar-refractivity contribution in [2.75, 3.05) is 0 Å². The van der Waals surface area contributed by atoms with E-state index in [9.17, 15) is 9.18 Å². The fourth-order valence-electron chi connectivity index (χ4n) is 4.00. The van der Waals surface area contributed by atoms with E-state index in [-0.39, 0.29) is 17.5 Å². The monoisotopic (exact) mass is 309 g/mol. The van der Waals surface area contributed by atoms with Crippen LogP contribution in [0.4, 0.5) is 4.39 Å². The summed E-state index contributed by atoms with van der Waals surface area (Å²) in [5, 5.41) is 7.12. The van der Waals surface area contributed by atoms with E-state index in [2.05, 4.69) is 31.2 Å². The van der Waals surface area contributed by atoms with Crippen LogP contribution in [0.5, 0.6) is 0 Å². The van der Waals surface area contributed by atoms with Gasteiger partial charge < -0.3 is 5.32 Å². The van der Waals surface area contributed by atoms with Crippen molar-refractivity contribution >= 4 is 5.91 Å². The van der Waals surface area contributed by atoms with Crippen LogP contribution < -0.4 is 5.32 Å². The number of carbonyl (C=O) groups excluding carboxylic acids is 1. The molecule has 2 unspecified atom stereocenters. The molecule has 0 saturated heterocycles. The van der Waals surface area contributed by atoms with Gasteiger partial charge in [-0.3, -0.25) is 4.79 Å². The number of aromatic nitrogens is 2. The van der Waals surface area contributed by atoms with Gasteiger partial charge in [-0.1, -0.05) is 33.6 Å². The molecule has 1 N–H and O–H groups in total. The predicted molar refractivity (Wildman–Crippen MR) is 85.1 cm³/mol. The average molecular weight is 309 g/mol. The van der Waals surface area contributed by atoms with Crippen LogP contribution in [0.25, 0.3) is 0 Å². The van der Waals surface area contributed by atoms with Gasteiger partial charge in [0, 0.05) is 13.1 Å². The molecule has 1 aliphatic carbocycles. The summed E-state index contributed by atoms with van der Waals surface area (Å²) in [6.45, 7) is 8.30. The molecule has 1 aromatic heterocycles. The number of nitrogens with zero attached hydrogens (tertiary/aromatic N) is 2. The first kappa shape index (κ1) is 17.0. The van der Waals surface area contributed by atoms with Crippen LogP contribution in [-0.2, 0) is 7.05 Å². The fourth-order valence-corrected chi connectivity index (χ4v) is 4.00. The maximum absolute atomic E-state index is 14.1. The SMILES string of the molecule is CCC1CC(C)CC(CC)C1NC(=O)c1c(C)nn(C)c1F. The van der Waals surface area contributed by atoms with E-state index in [0.717, 1.165) is 30.4 Å². The van der Waals surface area contributed by atoms with E-state index in [1.54, 1.807) is 6.92 Å². The maximum atomic E-state index is 14.1. The highest BCUT2D eigenvalue weighted by Crippen LogP contribution is 2.37. The minimum Gasteiger partial charge on any atom is -0.349 e. The van der Waals surface area contributed by atoms with Crippen molar-refractivity contribution in [1.29, 1.82) is 0 Å². The van der Waals surface area contributed by atoms with Crippen LogP contribution in [-0.4, -0.2) is 21.7 Å². The summed E-state index contributed by atoms with van der Waals surface area (Å²) in [5.74, 6) is 0.759. The van der Waals surface area contributed by atoms with Crippen LogP contribution in [0.2, 0.25) is 0 Å². The molecule has 1 saturated carbocycles. The van der Waals surface area contributed by atoms with Crippen LogP contribution in [0, 0.1) is 30.6 Å². The molecule has 1 aliphatic rings. The van der Waals surface area contributed by atoms with Gasteiger partial charge in [0.1, 0.15) is 5.56 Å². The Morgan fingerprint density at radius 3 is 2.27 bits per heavy atom. The van der Waals surface area contributed by atoms with Crippen molar-refractivity contribution in [1.82, 2.24) is 15.1 Å². The lowest BCUT2D eigenvalue weighted by atomic mass is 9.70. The Bertz CT molecular complexity index is 526. The van der Waals surface area contributed by atoms with Gasteiger partial charge in [0.2, 0.25) is 5.95 Å². The molecule has 2 rings (SSSR count). The molecule has 1 amide bonds. The third kappa shape index (κ3) is 3.18. The van der Waals surface area contributed by atoms with Gasteiger partial charge >= 0.3 is 0 Å². The van der Waals surface area contributed by atoms with Gasteiger partial charge in [0.05, 0.1) is 5.69 Å². The second-order valence-corrected chi connectivity index (χ2v) is 6.79. The molecular formula is C17H28FN3O. The second-order valence-electron chi connectivity index (χ2n) is 6.79. The second kappa shape index (κ2) is 6.80. The Morgan fingerprint density at radius 2 is 1.86 bits per heavy atom. The van der Waals surface area contributed by atoms with Crippen molar-refractivity contribution < 1.29 is 9.18 Å². The Morgan fingerprint density at radius 1 is 1.32 bits per heavy atom. The summed E-state index contributed by atoms with van der Waals surface area (Å²) in [6.07, 6.45) is 4.35. The average Bonchev–Trinajstić information content (AvgIpc) is 2.73. The molecule has 0 aromatic carbocycles. The highest BCUT2D eigenvalue weighted by Gasteiger charge is 2.36. The molecule has 1 heterocycles. The van der Waals surface area contributed by atoms with Crippen LogP contribution >= 0.6 is 0 Å². The van der Waals surface area contributed by atoms with Gasteiger partial charge in [0.15, 0.2) is 0 Å². The van der Waals surface area contributed by atoms with E-state index < -0.39 is 5.95 Å². The first-order chi connectivity index (χ1) is 10.4. The van der Waals surface area contributed by atoms with Crippen LogP contribution in [0.15, 0.2) is 0 Å². The summed E-state index contributed by atoms with van der Waals surface area (Å²) in [6, 6.07) is 0.137. The number of rotatable bonds is 4. The Hall–Kier alpha value is -1.39. The molecular weight excluding hydrogens is 281 g/mol. The van der Waals surface area contributed by atoms with Gasteiger partial charge in [-0.25, -0.2) is 4.68 Å². The summed E-state index contributed by atoms with van der Waals surface area (Å²) in [4.78, 5) is 12.6. The molecule has 2 atom stereocenters. The summed E-state index contributed by atoms with van der Waals surface area (Å²) < 4.78 is 15.2. The Balaban J connectivity index is 2.21. The van der Waals surface area contributed by atoms with Gasteiger partial charge in [-0.2, -0.15) is 9.49 Å². The quantitative estimate of drug-likeness (QED) is 0.926. The zero-order valence-electron chi connectivity index (χ0n) is 14.3. The van der Waals surface area contributed by atoms with Crippen LogP contribution in [0.1, 0.15) is 62.5 Å². The molecule has 0 spiro atoms. The Labute approximate surface area is 132 Å². The highest BCUT2D eigenvalue weighted by atomic mass is 19.1. The number of carbonyl (C=O) groups is 1. The predicted octanol–water partition coefficient (Wildman–Crippen LogP) is 3.45. The van der Waals surface area contributed by atoms with Crippen molar-refractivity contribution in [3.8, 4) is 0 Å². The zero-order valence-corrected chi connectivity index (χ0v) is 14.3. The molecule has 124 valence electrons. The minimum atomic E-state index is -0.555. The van der Waals surface area contributed by atoms with E-state index in [1.807, 2.05) is 0 Å². The Kier molecular flexibility index (Phi) is 5.24. The third-order valence-electron chi connectivity index (χ3n) is 5.15. The number of hydrogen-bond acceptors (Lipinski definition) is 2. The molecule has 1 fully saturated rings. The summed E-state index contributed by atoms with van der Waals surface area (Å²) in [7, 11) is 1.52. The number of hydrogen-bond donors (Lipinski definition) is 1. The fraction of sp³-hybridized carbons (Fsp3) is 0.765. The van der Waals surface area contributed by atoms with Gasteiger partial charge in [-0.15, -0.1) is 0 Å². The smallest absolute Gasteiger partial charge is 0.258 e. The number of amides is 1. The maximum Gasteiger partial charge on any atom is 0.258 e. The van der Waals surface area contributed by atoms with Gasteiger partial charge in [-0.05, 0) is 37.5 Å². The van der Waals surface area contributed by atoms with E-state index in [0.29, 0.717) is 23.4 Å². The normalized spacial score (nSPS) is 28.6. The number of aryl methyl sites for hydroxylation is 2. The lowest BCUT2D eigenvalue weighted by Crippen LogP contribution is -2.49. The first-order valence-corrected chi connectivity index (χ1v) is 8.38. The van der Waals surface area contributed by atoms with Crippen molar-refractivity contribution in [2.24, 2.45) is 24.8 Å². The molecule has 0 aliphatic heterocycles.